The number of ether oxygens (including phenoxy) is 1. The molecule has 3 nitrogen and oxygen atoms in total. The van der Waals surface area contributed by atoms with E-state index in [-0.39, 0.29) is 5.78 Å². The fourth-order valence-electron chi connectivity index (χ4n) is 2.15. The predicted octanol–water partition coefficient (Wildman–Crippen LogP) is 4.51. The van der Waals surface area contributed by atoms with Crippen molar-refractivity contribution in [1.82, 2.24) is 0 Å². The summed E-state index contributed by atoms with van der Waals surface area (Å²) in [4.78, 5) is 12.2. The van der Waals surface area contributed by atoms with Crippen LogP contribution in [0.25, 0.3) is 0 Å². The molecule has 0 aliphatic carbocycles. The zero-order valence-electron chi connectivity index (χ0n) is 13.4. The molecule has 0 saturated carbocycles. The highest BCUT2D eigenvalue weighted by molar-refractivity contribution is 6.05. The van der Waals surface area contributed by atoms with Gasteiger partial charge in [0.25, 0.3) is 0 Å². The first-order valence-electron chi connectivity index (χ1n) is 7.20. The van der Waals surface area contributed by atoms with Gasteiger partial charge in [-0.3, -0.25) is 4.79 Å². The summed E-state index contributed by atoms with van der Waals surface area (Å²) in [6.07, 6.45) is 1.61. The summed E-state index contributed by atoms with van der Waals surface area (Å²) in [6, 6.07) is 13.3. The van der Waals surface area contributed by atoms with Crippen LogP contribution in [0.15, 0.2) is 54.2 Å². The van der Waals surface area contributed by atoms with E-state index >= 15 is 0 Å². The summed E-state index contributed by atoms with van der Waals surface area (Å²) in [5.74, 6) is 0.712. The second-order valence-corrected chi connectivity index (χ2v) is 5.36. The maximum absolute atomic E-state index is 12.2. The largest absolute Gasteiger partial charge is 0.497 e. The summed E-state index contributed by atoms with van der Waals surface area (Å²) in [6.45, 7) is 5.98. The fraction of sp³-hybridized carbons (Fsp3) is 0.211. The van der Waals surface area contributed by atoms with Gasteiger partial charge >= 0.3 is 0 Å². The van der Waals surface area contributed by atoms with E-state index in [2.05, 4.69) is 23.5 Å². The number of carbonyl (C=O) groups is 1. The Balaban J connectivity index is 2.13. The highest BCUT2D eigenvalue weighted by atomic mass is 16.5. The minimum absolute atomic E-state index is 0.0297. The van der Waals surface area contributed by atoms with Crippen LogP contribution in [0.1, 0.15) is 28.4 Å². The van der Waals surface area contributed by atoms with E-state index in [1.165, 1.54) is 5.56 Å². The number of benzene rings is 2. The highest BCUT2D eigenvalue weighted by Crippen LogP contribution is 2.19. The van der Waals surface area contributed by atoms with Gasteiger partial charge in [-0.25, -0.2) is 0 Å². The number of hydrogen-bond donors (Lipinski definition) is 1. The van der Waals surface area contributed by atoms with E-state index in [4.69, 9.17) is 4.74 Å². The molecule has 3 heteroatoms. The first-order valence-corrected chi connectivity index (χ1v) is 7.20. The molecule has 0 amide bonds. The third-order valence-corrected chi connectivity index (χ3v) is 3.45. The molecule has 0 bridgehead atoms. The molecule has 22 heavy (non-hydrogen) atoms. The van der Waals surface area contributed by atoms with Crippen LogP contribution in [0.2, 0.25) is 0 Å². The smallest absolute Gasteiger partial charge is 0.187 e. The number of aryl methyl sites for hydroxylation is 2. The van der Waals surface area contributed by atoms with Gasteiger partial charge in [-0.2, -0.15) is 0 Å². The molecule has 2 rings (SSSR count). The molecule has 0 fully saturated rings. The molecule has 0 aromatic heterocycles. The average molecular weight is 295 g/mol. The molecule has 0 unspecified atom stereocenters. The summed E-state index contributed by atoms with van der Waals surface area (Å²) in [7, 11) is 1.61. The molecule has 114 valence electrons. The van der Waals surface area contributed by atoms with Crippen LogP contribution in [-0.2, 0) is 0 Å². The first kappa shape index (κ1) is 15.8. The highest BCUT2D eigenvalue weighted by Gasteiger charge is 2.05. The molecule has 0 radical (unpaired) electrons. The van der Waals surface area contributed by atoms with E-state index in [9.17, 15) is 4.79 Å². The molecule has 0 heterocycles. The van der Waals surface area contributed by atoms with E-state index < -0.39 is 0 Å². The zero-order chi connectivity index (χ0) is 16.1. The Morgan fingerprint density at radius 2 is 1.77 bits per heavy atom. The fourth-order valence-corrected chi connectivity index (χ4v) is 2.15. The van der Waals surface area contributed by atoms with Gasteiger partial charge in [0.05, 0.1) is 7.11 Å². The number of allylic oxidation sites excluding steroid dienone is 2. The van der Waals surface area contributed by atoms with Crippen molar-refractivity contribution in [2.24, 2.45) is 0 Å². The van der Waals surface area contributed by atoms with Gasteiger partial charge in [-0.05, 0) is 62.2 Å². The minimum Gasteiger partial charge on any atom is -0.497 e. The normalized spacial score (nSPS) is 11.2. The lowest BCUT2D eigenvalue weighted by Gasteiger charge is -2.10. The quantitative estimate of drug-likeness (QED) is 0.651. The lowest BCUT2D eigenvalue weighted by atomic mass is 10.1. The number of hydrogen-bond acceptors (Lipinski definition) is 3. The molecule has 1 N–H and O–H groups in total. The molecular formula is C19H21NO2. The van der Waals surface area contributed by atoms with Gasteiger partial charge in [0, 0.05) is 23.0 Å². The van der Waals surface area contributed by atoms with E-state index in [0.717, 1.165) is 22.7 Å². The summed E-state index contributed by atoms with van der Waals surface area (Å²) in [5.41, 5.74) is 4.81. The third kappa shape index (κ3) is 3.98. The molecular weight excluding hydrogens is 274 g/mol. The van der Waals surface area contributed by atoms with Gasteiger partial charge in [0.2, 0.25) is 0 Å². The maximum Gasteiger partial charge on any atom is 0.187 e. The molecule has 2 aromatic carbocycles. The monoisotopic (exact) mass is 295 g/mol. The number of methoxy groups -OCH3 is 1. The Kier molecular flexibility index (Phi) is 4.99. The Bertz CT molecular complexity index is 700. The van der Waals surface area contributed by atoms with Crippen molar-refractivity contribution < 1.29 is 9.53 Å². The van der Waals surface area contributed by atoms with Crippen molar-refractivity contribution >= 4 is 11.5 Å². The molecule has 0 aliphatic rings. The first-order chi connectivity index (χ1) is 10.5. The van der Waals surface area contributed by atoms with Gasteiger partial charge < -0.3 is 10.1 Å². The van der Waals surface area contributed by atoms with Crippen molar-refractivity contribution in [2.75, 3.05) is 12.4 Å². The summed E-state index contributed by atoms with van der Waals surface area (Å²) >= 11 is 0. The lowest BCUT2D eigenvalue weighted by molar-refractivity contribution is 0.104. The summed E-state index contributed by atoms with van der Waals surface area (Å²) < 4.78 is 5.09. The average Bonchev–Trinajstić information content (AvgIpc) is 2.51. The lowest BCUT2D eigenvalue weighted by Crippen LogP contribution is -2.02. The number of nitrogens with one attached hydrogen (secondary N) is 1. The molecule has 0 spiro atoms. The predicted molar refractivity (Wildman–Crippen MR) is 90.6 cm³/mol. The van der Waals surface area contributed by atoms with Crippen molar-refractivity contribution in [2.45, 2.75) is 20.8 Å². The van der Waals surface area contributed by atoms with Crippen molar-refractivity contribution in [3.8, 4) is 5.75 Å². The van der Waals surface area contributed by atoms with Gasteiger partial charge in [0.15, 0.2) is 5.78 Å². The Morgan fingerprint density at radius 1 is 1.09 bits per heavy atom. The van der Waals surface area contributed by atoms with Crippen molar-refractivity contribution in [3.05, 3.63) is 70.9 Å². The number of ketones is 1. The molecule has 0 saturated heterocycles. The Morgan fingerprint density at radius 3 is 2.41 bits per heavy atom. The standard InChI is InChI=1S/C19H21NO2/c1-13-5-6-14(2)18(11-13)20-15(3)12-19(21)16-7-9-17(22-4)10-8-16/h5-12,20H,1-4H3. The number of carbonyl (C=O) groups excluding carboxylic acids is 1. The zero-order valence-corrected chi connectivity index (χ0v) is 13.4. The van der Waals surface area contributed by atoms with E-state index in [0.29, 0.717) is 5.56 Å². The van der Waals surface area contributed by atoms with Crippen LogP contribution in [0.4, 0.5) is 5.69 Å². The summed E-state index contributed by atoms with van der Waals surface area (Å²) in [5, 5.41) is 3.29. The van der Waals surface area contributed by atoms with E-state index in [1.54, 1.807) is 37.5 Å². The van der Waals surface area contributed by atoms with Crippen LogP contribution >= 0.6 is 0 Å². The third-order valence-electron chi connectivity index (χ3n) is 3.45. The second-order valence-electron chi connectivity index (χ2n) is 5.36. The number of rotatable bonds is 5. The van der Waals surface area contributed by atoms with Crippen LogP contribution < -0.4 is 10.1 Å². The minimum atomic E-state index is -0.0297. The molecule has 0 aliphatic heterocycles. The SMILES string of the molecule is COc1ccc(C(=O)C=C(C)Nc2cc(C)ccc2C)cc1. The number of anilines is 1. The second kappa shape index (κ2) is 6.94. The van der Waals surface area contributed by atoms with Crippen molar-refractivity contribution in [3.63, 3.8) is 0 Å². The van der Waals surface area contributed by atoms with Crippen LogP contribution in [0.5, 0.6) is 5.75 Å². The topological polar surface area (TPSA) is 38.3 Å². The Labute approximate surface area is 131 Å². The van der Waals surface area contributed by atoms with Gasteiger partial charge in [0.1, 0.15) is 5.75 Å². The van der Waals surface area contributed by atoms with Crippen LogP contribution in [0.3, 0.4) is 0 Å². The Hall–Kier alpha value is -2.55. The molecule has 0 atom stereocenters. The van der Waals surface area contributed by atoms with Gasteiger partial charge in [-0.15, -0.1) is 0 Å². The van der Waals surface area contributed by atoms with E-state index in [1.807, 2.05) is 20.8 Å². The molecule has 2 aromatic rings. The van der Waals surface area contributed by atoms with Crippen molar-refractivity contribution in [1.29, 1.82) is 0 Å². The van der Waals surface area contributed by atoms with Crippen LogP contribution in [-0.4, -0.2) is 12.9 Å². The maximum atomic E-state index is 12.2. The van der Waals surface area contributed by atoms with Crippen LogP contribution in [0, 0.1) is 13.8 Å². The van der Waals surface area contributed by atoms with Gasteiger partial charge in [-0.1, -0.05) is 12.1 Å².